The van der Waals surface area contributed by atoms with Gasteiger partial charge in [-0.1, -0.05) is 44.9 Å². The number of hydrogen-bond acceptors (Lipinski definition) is 5. The fourth-order valence-electron chi connectivity index (χ4n) is 1.66. The van der Waals surface area contributed by atoms with Crippen LogP contribution in [0.1, 0.15) is 64.2 Å². The SMILES string of the molecule is NCCCCCCCCCCCC(=O)O.O=P([O-])([O-])O.[Zr+2]. The van der Waals surface area contributed by atoms with Gasteiger partial charge in [-0.2, -0.15) is 0 Å². The smallest absolute Gasteiger partial charge is 0.790 e. The minimum Gasteiger partial charge on any atom is -0.790 e. The molecular weight excluding hydrogens is 376 g/mol. The van der Waals surface area contributed by atoms with Gasteiger partial charge in [0, 0.05) is 6.42 Å². The number of carboxylic acid groups (broad SMARTS) is 1. The van der Waals surface area contributed by atoms with E-state index in [-0.39, 0.29) is 26.2 Å². The number of rotatable bonds is 11. The number of phosphoric acid groups is 1. The van der Waals surface area contributed by atoms with Crippen molar-refractivity contribution >= 4 is 13.8 Å². The Morgan fingerprint density at radius 1 is 0.905 bits per heavy atom. The van der Waals surface area contributed by atoms with Gasteiger partial charge in [-0.25, -0.2) is 0 Å². The summed E-state index contributed by atoms with van der Waals surface area (Å²) in [5.41, 5.74) is 5.40. The van der Waals surface area contributed by atoms with Crippen molar-refractivity contribution in [2.24, 2.45) is 5.73 Å². The summed E-state index contributed by atoms with van der Waals surface area (Å²) in [5, 5.41) is 8.43. The zero-order valence-corrected chi connectivity index (χ0v) is 15.7. The van der Waals surface area contributed by atoms with Crippen LogP contribution in [-0.4, -0.2) is 22.5 Å². The molecular formula is C12H26NO6PZr. The minimum atomic E-state index is -5.14. The van der Waals surface area contributed by atoms with Crippen LogP contribution >= 0.6 is 7.82 Å². The average molecular weight is 403 g/mol. The molecule has 0 radical (unpaired) electrons. The van der Waals surface area contributed by atoms with E-state index in [2.05, 4.69) is 0 Å². The molecule has 0 saturated carbocycles. The van der Waals surface area contributed by atoms with Crippen LogP contribution in [0.3, 0.4) is 0 Å². The van der Waals surface area contributed by atoms with E-state index in [0.29, 0.717) is 6.42 Å². The summed E-state index contributed by atoms with van der Waals surface area (Å²) in [4.78, 5) is 34.5. The van der Waals surface area contributed by atoms with Gasteiger partial charge in [0.05, 0.1) is 7.82 Å². The maximum absolute atomic E-state index is 10.2. The number of carboxylic acids is 1. The molecule has 0 aromatic rings. The first-order chi connectivity index (χ1) is 9.27. The predicted molar refractivity (Wildman–Crippen MR) is 72.7 cm³/mol. The molecule has 9 heteroatoms. The van der Waals surface area contributed by atoms with Crippen molar-refractivity contribution in [3.8, 4) is 0 Å². The van der Waals surface area contributed by atoms with Gasteiger partial charge < -0.3 is 30.1 Å². The standard InChI is InChI=1S/C12H25NO2.H3O4P.Zr/c13-11-9-7-5-3-1-2-4-6-8-10-12(14)15;1-5(2,3)4;/h1-11,13H2,(H,14,15);(H3,1,2,3,4);/q;;+2/p-2. The van der Waals surface area contributed by atoms with E-state index in [9.17, 15) is 4.79 Å². The Hall–Kier alpha value is 0.423. The zero-order valence-electron chi connectivity index (χ0n) is 12.3. The zero-order chi connectivity index (χ0) is 15.9. The van der Waals surface area contributed by atoms with Gasteiger partial charge in [0.25, 0.3) is 0 Å². The summed E-state index contributed by atoms with van der Waals surface area (Å²) in [6.45, 7) is 0.815. The van der Waals surface area contributed by atoms with Crippen LogP contribution in [0.25, 0.3) is 0 Å². The largest absolute Gasteiger partial charge is 2.00 e. The van der Waals surface area contributed by atoms with E-state index in [0.717, 1.165) is 25.8 Å². The third-order valence-electron chi connectivity index (χ3n) is 2.59. The van der Waals surface area contributed by atoms with Crippen molar-refractivity contribution in [3.05, 3.63) is 0 Å². The number of hydrogen-bond donors (Lipinski definition) is 3. The van der Waals surface area contributed by atoms with Crippen LogP contribution in [0.4, 0.5) is 0 Å². The van der Waals surface area contributed by atoms with Crippen molar-refractivity contribution in [2.45, 2.75) is 64.2 Å². The summed E-state index contributed by atoms with van der Waals surface area (Å²) in [5.74, 6) is -0.670. The van der Waals surface area contributed by atoms with E-state index in [1.165, 1.54) is 38.5 Å². The molecule has 0 aliphatic heterocycles. The summed E-state index contributed by atoms with van der Waals surface area (Å²) in [7, 11) is -5.14. The van der Waals surface area contributed by atoms with Gasteiger partial charge in [0.1, 0.15) is 0 Å². The van der Waals surface area contributed by atoms with Gasteiger partial charge in [-0.3, -0.25) is 4.79 Å². The number of unbranched alkanes of at least 4 members (excludes halogenated alkanes) is 8. The van der Waals surface area contributed by atoms with Gasteiger partial charge in [-0.05, 0) is 19.4 Å². The maximum Gasteiger partial charge on any atom is 2.00 e. The molecule has 0 aromatic carbocycles. The Kier molecular flexibility index (Phi) is 23.2. The van der Waals surface area contributed by atoms with E-state index >= 15 is 0 Å². The first-order valence-corrected chi connectivity index (χ1v) is 8.43. The molecule has 7 nitrogen and oxygen atoms in total. The minimum absolute atomic E-state index is 0. The molecule has 0 heterocycles. The van der Waals surface area contributed by atoms with E-state index in [1.54, 1.807) is 0 Å². The Labute approximate surface area is 145 Å². The van der Waals surface area contributed by atoms with Crippen LogP contribution in [0.5, 0.6) is 0 Å². The molecule has 0 fully saturated rings. The Morgan fingerprint density at radius 2 is 1.19 bits per heavy atom. The molecule has 124 valence electrons. The third-order valence-corrected chi connectivity index (χ3v) is 2.59. The molecule has 21 heavy (non-hydrogen) atoms. The Bertz CT molecular complexity index is 266. The molecule has 0 aliphatic rings. The maximum atomic E-state index is 10.2. The van der Waals surface area contributed by atoms with Gasteiger partial charge in [0.2, 0.25) is 0 Å². The molecule has 0 saturated heterocycles. The molecule has 4 N–H and O–H groups in total. The first-order valence-electron chi connectivity index (χ1n) is 6.94. The Morgan fingerprint density at radius 3 is 1.48 bits per heavy atom. The van der Waals surface area contributed by atoms with Gasteiger partial charge in [-0.15, -0.1) is 0 Å². The monoisotopic (exact) mass is 401 g/mol. The molecule has 0 spiro atoms. The third kappa shape index (κ3) is 44.9. The van der Waals surface area contributed by atoms with Crippen molar-refractivity contribution in [2.75, 3.05) is 6.54 Å². The molecule has 0 amide bonds. The fraction of sp³-hybridized carbons (Fsp3) is 0.917. The molecule has 0 atom stereocenters. The van der Waals surface area contributed by atoms with Crippen molar-refractivity contribution in [3.63, 3.8) is 0 Å². The van der Waals surface area contributed by atoms with Crippen LogP contribution in [0, 0.1) is 0 Å². The summed E-state index contributed by atoms with van der Waals surface area (Å²) >= 11 is 0. The number of nitrogens with two attached hydrogens (primary N) is 1. The second kappa shape index (κ2) is 18.5. The second-order valence-corrected chi connectivity index (χ2v) is 5.52. The first kappa shape index (κ1) is 26.3. The van der Waals surface area contributed by atoms with Crippen molar-refractivity contribution in [1.29, 1.82) is 0 Å². The van der Waals surface area contributed by atoms with E-state index in [1.807, 2.05) is 0 Å². The summed E-state index contributed by atoms with van der Waals surface area (Å²) in [6, 6.07) is 0. The van der Waals surface area contributed by atoms with Crippen LogP contribution in [0.2, 0.25) is 0 Å². The summed E-state index contributed by atoms with van der Waals surface area (Å²) < 4.78 is 8.66. The molecule has 0 bridgehead atoms. The van der Waals surface area contributed by atoms with E-state index in [4.69, 9.17) is 30.1 Å². The molecule has 0 rings (SSSR count). The fourth-order valence-corrected chi connectivity index (χ4v) is 1.66. The van der Waals surface area contributed by atoms with Gasteiger partial charge >= 0.3 is 32.2 Å². The van der Waals surface area contributed by atoms with Crippen LogP contribution < -0.4 is 15.5 Å². The number of carbonyl (C=O) groups is 1. The molecule has 0 unspecified atom stereocenters. The predicted octanol–water partition coefficient (Wildman–Crippen LogP) is 0.736. The normalized spacial score (nSPS) is 10.3. The second-order valence-electron chi connectivity index (χ2n) is 4.58. The van der Waals surface area contributed by atoms with Crippen LogP contribution in [-0.2, 0) is 35.6 Å². The van der Waals surface area contributed by atoms with E-state index < -0.39 is 13.8 Å². The van der Waals surface area contributed by atoms with Gasteiger partial charge in [0.15, 0.2) is 0 Å². The Balaban J connectivity index is -0.000000465. The van der Waals surface area contributed by atoms with Crippen molar-refractivity contribution in [1.82, 2.24) is 0 Å². The average Bonchev–Trinajstić information content (AvgIpc) is 2.29. The number of aliphatic carboxylic acids is 1. The van der Waals surface area contributed by atoms with Crippen molar-refractivity contribution < 1.29 is 55.3 Å². The topological polar surface area (TPSA) is 147 Å². The quantitative estimate of drug-likeness (QED) is 0.341. The molecule has 0 aliphatic carbocycles. The molecule has 0 aromatic heterocycles. The summed E-state index contributed by atoms with van der Waals surface area (Å²) in [6.07, 6.45) is 11.0. The van der Waals surface area contributed by atoms with Crippen LogP contribution in [0.15, 0.2) is 0 Å².